The number of halogens is 4. The smallest absolute Gasteiger partial charge is 0.417 e. The van der Waals surface area contributed by atoms with E-state index in [4.69, 9.17) is 16.7 Å². The molecule has 1 aliphatic heterocycles. The van der Waals surface area contributed by atoms with Gasteiger partial charge in [-0.05, 0) is 47.7 Å². The van der Waals surface area contributed by atoms with Crippen molar-refractivity contribution >= 4 is 23.3 Å². The molecule has 0 spiro atoms. The predicted octanol–water partition coefficient (Wildman–Crippen LogP) is 5.00. The predicted molar refractivity (Wildman–Crippen MR) is 109 cm³/mol. The summed E-state index contributed by atoms with van der Waals surface area (Å²) in [6, 6.07) is 10.1. The van der Waals surface area contributed by atoms with Crippen molar-refractivity contribution in [2.24, 2.45) is 5.92 Å². The zero-order valence-corrected chi connectivity index (χ0v) is 17.2. The van der Waals surface area contributed by atoms with E-state index in [1.807, 2.05) is 24.1 Å². The van der Waals surface area contributed by atoms with E-state index in [1.165, 1.54) is 17.2 Å². The molecule has 1 unspecified atom stereocenters. The Bertz CT molecular complexity index is 973. The molecular weight excluding hydrogens is 417 g/mol. The fourth-order valence-corrected chi connectivity index (χ4v) is 4.71. The van der Waals surface area contributed by atoms with Gasteiger partial charge < -0.3 is 10.0 Å². The Kier molecular flexibility index (Phi) is 5.45. The molecule has 0 bridgehead atoms. The van der Waals surface area contributed by atoms with Crippen LogP contribution in [0, 0.1) is 5.92 Å². The average Bonchev–Trinajstić information content (AvgIpc) is 3.07. The van der Waals surface area contributed by atoms with Crippen molar-refractivity contribution in [3.63, 3.8) is 0 Å². The van der Waals surface area contributed by atoms with Crippen molar-refractivity contribution in [1.29, 1.82) is 0 Å². The molecule has 8 heteroatoms. The fraction of sp³-hybridized carbons (Fsp3) is 0.409. The Hall–Kier alpha value is -2.25. The number of likely N-dealkylation sites (tertiary alicyclic amines) is 1. The lowest BCUT2D eigenvalue weighted by Crippen LogP contribution is -2.49. The molecule has 1 aliphatic carbocycles. The second-order valence-electron chi connectivity index (χ2n) is 8.04. The van der Waals surface area contributed by atoms with E-state index in [2.05, 4.69) is 11.0 Å². The molecule has 1 fully saturated rings. The maximum absolute atomic E-state index is 13.3. The molecule has 1 heterocycles. The second kappa shape index (κ2) is 7.78. The number of rotatable bonds is 5. The summed E-state index contributed by atoms with van der Waals surface area (Å²) in [6.07, 6.45) is -2.85. The average molecular weight is 439 g/mol. The monoisotopic (exact) mass is 438 g/mol. The number of aliphatic carboxylic acids is 1. The van der Waals surface area contributed by atoms with E-state index in [-0.39, 0.29) is 17.0 Å². The maximum atomic E-state index is 13.3. The van der Waals surface area contributed by atoms with Crippen LogP contribution < -0.4 is 4.90 Å². The fourth-order valence-electron chi connectivity index (χ4n) is 4.48. The van der Waals surface area contributed by atoms with Crippen LogP contribution in [0.15, 0.2) is 36.4 Å². The summed E-state index contributed by atoms with van der Waals surface area (Å²) in [6.45, 7) is 1.79. The Morgan fingerprint density at radius 3 is 2.67 bits per heavy atom. The second-order valence-corrected chi connectivity index (χ2v) is 8.45. The zero-order valence-electron chi connectivity index (χ0n) is 16.4. The van der Waals surface area contributed by atoms with E-state index in [1.54, 1.807) is 6.07 Å². The van der Waals surface area contributed by atoms with Crippen LogP contribution >= 0.6 is 11.6 Å². The maximum Gasteiger partial charge on any atom is 0.417 e. The van der Waals surface area contributed by atoms with E-state index in [0.717, 1.165) is 24.5 Å². The van der Waals surface area contributed by atoms with Crippen molar-refractivity contribution in [3.05, 3.63) is 63.7 Å². The minimum atomic E-state index is -4.50. The summed E-state index contributed by atoms with van der Waals surface area (Å²) < 4.78 is 39.8. The van der Waals surface area contributed by atoms with Crippen LogP contribution in [0.1, 0.15) is 34.7 Å². The standard InChI is InChI=1S/C22H22ClF3N2O2/c1-27(15-5-7-19(23)18(9-15)22(24,25)26)20-8-6-16-13(3-2-4-17(16)20)10-28-11-14(12-28)21(29)30/h2-5,7,9,14,20H,6,8,10-12H2,1H3,(H,29,30). The molecule has 0 aromatic heterocycles. The Labute approximate surface area is 177 Å². The van der Waals surface area contributed by atoms with Crippen molar-refractivity contribution in [3.8, 4) is 0 Å². The molecule has 160 valence electrons. The highest BCUT2D eigenvalue weighted by Gasteiger charge is 2.36. The zero-order chi connectivity index (χ0) is 21.6. The molecule has 0 saturated carbocycles. The third-order valence-electron chi connectivity index (χ3n) is 6.17. The highest BCUT2D eigenvalue weighted by Crippen LogP contribution is 2.42. The first-order chi connectivity index (χ1) is 14.1. The van der Waals surface area contributed by atoms with Gasteiger partial charge in [-0.25, -0.2) is 0 Å². The van der Waals surface area contributed by atoms with E-state index < -0.39 is 17.7 Å². The summed E-state index contributed by atoms with van der Waals surface area (Å²) in [5.74, 6) is -1.05. The van der Waals surface area contributed by atoms with Crippen molar-refractivity contribution in [1.82, 2.24) is 4.90 Å². The van der Waals surface area contributed by atoms with Crippen LogP contribution in [0.25, 0.3) is 0 Å². The largest absolute Gasteiger partial charge is 0.481 e. The van der Waals surface area contributed by atoms with Crippen molar-refractivity contribution < 1.29 is 23.1 Å². The van der Waals surface area contributed by atoms with Gasteiger partial charge in [0.25, 0.3) is 0 Å². The van der Waals surface area contributed by atoms with Crippen molar-refractivity contribution in [2.75, 3.05) is 25.0 Å². The molecule has 1 atom stereocenters. The number of fused-ring (bicyclic) bond motifs is 1. The van der Waals surface area contributed by atoms with Gasteiger partial charge in [0, 0.05) is 32.4 Å². The first kappa shape index (κ1) is 21.0. The van der Waals surface area contributed by atoms with Gasteiger partial charge in [0.15, 0.2) is 0 Å². The van der Waals surface area contributed by atoms with Gasteiger partial charge >= 0.3 is 12.1 Å². The van der Waals surface area contributed by atoms with E-state index >= 15 is 0 Å². The van der Waals surface area contributed by atoms with Gasteiger partial charge in [0.2, 0.25) is 0 Å². The molecule has 2 aromatic rings. The number of anilines is 1. The molecule has 1 N–H and O–H groups in total. The number of hydrogen-bond donors (Lipinski definition) is 1. The van der Waals surface area contributed by atoms with Crippen LogP contribution in [-0.2, 0) is 23.9 Å². The summed E-state index contributed by atoms with van der Waals surface area (Å²) in [4.78, 5) is 15.0. The third-order valence-corrected chi connectivity index (χ3v) is 6.50. The topological polar surface area (TPSA) is 43.8 Å². The molecular formula is C22H22ClF3N2O2. The first-order valence-electron chi connectivity index (χ1n) is 9.80. The van der Waals surface area contributed by atoms with Gasteiger partial charge in [-0.3, -0.25) is 9.69 Å². The van der Waals surface area contributed by atoms with E-state index in [0.29, 0.717) is 25.3 Å². The summed E-state index contributed by atoms with van der Waals surface area (Å²) in [5.41, 5.74) is 3.15. The normalized spacial score (nSPS) is 19.4. The van der Waals surface area contributed by atoms with Crippen LogP contribution in [0.5, 0.6) is 0 Å². The number of carbonyl (C=O) groups is 1. The van der Waals surface area contributed by atoms with Gasteiger partial charge in [0.1, 0.15) is 0 Å². The quantitative estimate of drug-likeness (QED) is 0.713. The van der Waals surface area contributed by atoms with Gasteiger partial charge in [-0.2, -0.15) is 13.2 Å². The minimum absolute atomic E-state index is 0.0228. The summed E-state index contributed by atoms with van der Waals surface area (Å²) in [5, 5.41) is 8.75. The number of nitrogens with zero attached hydrogens (tertiary/aromatic N) is 2. The van der Waals surface area contributed by atoms with Crippen LogP contribution in [0.4, 0.5) is 18.9 Å². The minimum Gasteiger partial charge on any atom is -0.481 e. The SMILES string of the molecule is CN(c1ccc(Cl)c(C(F)(F)F)c1)C1CCc2c(CN3CC(C(=O)O)C3)cccc21. The molecule has 0 radical (unpaired) electrons. The molecule has 30 heavy (non-hydrogen) atoms. The van der Waals surface area contributed by atoms with Gasteiger partial charge in [-0.15, -0.1) is 0 Å². The van der Waals surface area contributed by atoms with E-state index in [9.17, 15) is 18.0 Å². The molecule has 4 nitrogen and oxygen atoms in total. The lowest BCUT2D eigenvalue weighted by atomic mass is 9.96. The first-order valence-corrected chi connectivity index (χ1v) is 10.2. The Balaban J connectivity index is 1.55. The molecule has 0 amide bonds. The van der Waals surface area contributed by atoms with Crippen LogP contribution in [0.3, 0.4) is 0 Å². The molecule has 2 aromatic carbocycles. The van der Waals surface area contributed by atoms with Crippen LogP contribution in [-0.4, -0.2) is 36.1 Å². The number of alkyl halides is 3. The van der Waals surface area contributed by atoms with Gasteiger partial charge in [-0.1, -0.05) is 29.8 Å². The number of carboxylic acid groups (broad SMARTS) is 1. The third kappa shape index (κ3) is 3.88. The molecule has 4 rings (SSSR count). The summed E-state index contributed by atoms with van der Waals surface area (Å²) in [7, 11) is 1.81. The summed E-state index contributed by atoms with van der Waals surface area (Å²) >= 11 is 5.76. The lowest BCUT2D eigenvalue weighted by molar-refractivity contribution is -0.147. The van der Waals surface area contributed by atoms with Crippen LogP contribution in [0.2, 0.25) is 5.02 Å². The molecule has 1 saturated heterocycles. The highest BCUT2D eigenvalue weighted by atomic mass is 35.5. The van der Waals surface area contributed by atoms with Crippen molar-refractivity contribution in [2.45, 2.75) is 31.6 Å². The van der Waals surface area contributed by atoms with Gasteiger partial charge in [0.05, 0.1) is 22.5 Å². The Morgan fingerprint density at radius 2 is 2.00 bits per heavy atom. The Morgan fingerprint density at radius 1 is 1.27 bits per heavy atom. The lowest BCUT2D eigenvalue weighted by Gasteiger charge is -2.37. The molecule has 2 aliphatic rings. The highest BCUT2D eigenvalue weighted by molar-refractivity contribution is 6.31. The number of benzene rings is 2. The number of carboxylic acids is 1. The number of hydrogen-bond acceptors (Lipinski definition) is 3.